The van der Waals surface area contributed by atoms with E-state index in [1.54, 1.807) is 0 Å². The normalized spacial score (nSPS) is 23.6. The van der Waals surface area contributed by atoms with E-state index in [-0.39, 0.29) is 11.9 Å². The second kappa shape index (κ2) is 5.94. The Labute approximate surface area is 120 Å². The maximum absolute atomic E-state index is 12.2. The van der Waals surface area contributed by atoms with Crippen LogP contribution in [-0.4, -0.2) is 49.6 Å². The summed E-state index contributed by atoms with van der Waals surface area (Å²) < 4.78 is 0. The van der Waals surface area contributed by atoms with Crippen molar-refractivity contribution in [3.63, 3.8) is 0 Å². The second-order valence-electron chi connectivity index (χ2n) is 5.81. The largest absolute Gasteiger partial charge is 0.354 e. The monoisotopic (exact) mass is 273 g/mol. The maximum atomic E-state index is 12.2. The zero-order valence-electron chi connectivity index (χ0n) is 12.1. The Hall–Kier alpha value is -1.39. The van der Waals surface area contributed by atoms with Crippen LogP contribution < -0.4 is 10.6 Å². The van der Waals surface area contributed by atoms with Crippen molar-refractivity contribution in [3.8, 4) is 0 Å². The highest BCUT2D eigenvalue weighted by atomic mass is 16.2. The molecule has 0 aromatic heterocycles. The molecule has 1 aliphatic carbocycles. The van der Waals surface area contributed by atoms with Crippen molar-refractivity contribution in [2.45, 2.75) is 25.3 Å². The van der Waals surface area contributed by atoms with E-state index in [9.17, 15) is 4.79 Å². The molecule has 2 unspecified atom stereocenters. The number of carbonyl (C=O) groups excluding carboxylic acids is 1. The molecule has 3 rings (SSSR count). The Bertz CT molecular complexity index is 482. The standard InChI is InChI=1S/C16H23N3O/c1-12(19-8-6-17-7-9-19)16(20)18-11-14-10-13-4-2-3-5-15(13)14/h2-5,12,14,17H,6-11H2,1H3,(H,18,20). The fraction of sp³-hybridized carbons (Fsp3) is 0.562. The number of carbonyl (C=O) groups is 1. The number of hydrogen-bond acceptors (Lipinski definition) is 3. The van der Waals surface area contributed by atoms with Gasteiger partial charge in [0.2, 0.25) is 5.91 Å². The fourth-order valence-corrected chi connectivity index (χ4v) is 3.15. The summed E-state index contributed by atoms with van der Waals surface area (Å²) in [4.78, 5) is 14.5. The number of nitrogens with one attached hydrogen (secondary N) is 2. The molecule has 1 amide bonds. The van der Waals surface area contributed by atoms with E-state index < -0.39 is 0 Å². The van der Waals surface area contributed by atoms with E-state index in [0.717, 1.165) is 39.1 Å². The zero-order valence-corrected chi connectivity index (χ0v) is 12.1. The Balaban J connectivity index is 1.48. The highest BCUT2D eigenvalue weighted by molar-refractivity contribution is 5.81. The van der Waals surface area contributed by atoms with Crippen molar-refractivity contribution in [2.24, 2.45) is 0 Å². The molecule has 2 atom stereocenters. The van der Waals surface area contributed by atoms with Crippen LogP contribution in [0.2, 0.25) is 0 Å². The zero-order chi connectivity index (χ0) is 13.9. The number of rotatable bonds is 4. The lowest BCUT2D eigenvalue weighted by Crippen LogP contribution is -2.53. The van der Waals surface area contributed by atoms with Crippen LogP contribution in [0.5, 0.6) is 0 Å². The Morgan fingerprint density at radius 3 is 2.90 bits per heavy atom. The van der Waals surface area contributed by atoms with Gasteiger partial charge >= 0.3 is 0 Å². The molecule has 108 valence electrons. The highest BCUT2D eigenvalue weighted by Gasteiger charge is 2.27. The van der Waals surface area contributed by atoms with Gasteiger partial charge in [-0.1, -0.05) is 24.3 Å². The van der Waals surface area contributed by atoms with Gasteiger partial charge in [-0.05, 0) is 24.5 Å². The first-order chi connectivity index (χ1) is 9.75. The minimum Gasteiger partial charge on any atom is -0.354 e. The third-order valence-electron chi connectivity index (χ3n) is 4.56. The van der Waals surface area contributed by atoms with E-state index >= 15 is 0 Å². The molecule has 4 heteroatoms. The molecule has 0 spiro atoms. The SMILES string of the molecule is CC(C(=O)NCC1Cc2ccccc21)N1CCNCC1. The van der Waals surface area contributed by atoms with Crippen LogP contribution in [0.25, 0.3) is 0 Å². The van der Waals surface area contributed by atoms with Gasteiger partial charge in [-0.2, -0.15) is 0 Å². The molecule has 0 bridgehead atoms. The second-order valence-corrected chi connectivity index (χ2v) is 5.81. The Morgan fingerprint density at radius 1 is 1.40 bits per heavy atom. The molecule has 1 fully saturated rings. The van der Waals surface area contributed by atoms with E-state index in [1.165, 1.54) is 11.1 Å². The van der Waals surface area contributed by atoms with Gasteiger partial charge in [0.1, 0.15) is 0 Å². The summed E-state index contributed by atoms with van der Waals surface area (Å²) in [6, 6.07) is 8.50. The molecule has 1 aliphatic heterocycles. The van der Waals surface area contributed by atoms with Crippen molar-refractivity contribution in [1.29, 1.82) is 0 Å². The number of nitrogens with zero attached hydrogens (tertiary/aromatic N) is 1. The van der Waals surface area contributed by atoms with Gasteiger partial charge < -0.3 is 10.6 Å². The number of piperazine rings is 1. The quantitative estimate of drug-likeness (QED) is 0.850. The molecule has 4 nitrogen and oxygen atoms in total. The van der Waals surface area contributed by atoms with Gasteiger partial charge in [0.15, 0.2) is 0 Å². The lowest BCUT2D eigenvalue weighted by Gasteiger charge is -2.33. The van der Waals surface area contributed by atoms with E-state index in [2.05, 4.69) is 39.8 Å². The van der Waals surface area contributed by atoms with Crippen LogP contribution in [0.4, 0.5) is 0 Å². The van der Waals surface area contributed by atoms with Gasteiger partial charge in [-0.15, -0.1) is 0 Å². The molecule has 2 N–H and O–H groups in total. The first-order valence-corrected chi connectivity index (χ1v) is 7.56. The van der Waals surface area contributed by atoms with Crippen molar-refractivity contribution >= 4 is 5.91 Å². The Kier molecular flexibility index (Phi) is 4.03. The van der Waals surface area contributed by atoms with Crippen LogP contribution in [-0.2, 0) is 11.2 Å². The summed E-state index contributed by atoms with van der Waals surface area (Å²) in [6.45, 7) is 6.66. The lowest BCUT2D eigenvalue weighted by atomic mass is 9.77. The number of hydrogen-bond donors (Lipinski definition) is 2. The summed E-state index contributed by atoms with van der Waals surface area (Å²) in [5, 5.41) is 6.44. The molecular weight excluding hydrogens is 250 g/mol. The first-order valence-electron chi connectivity index (χ1n) is 7.56. The van der Waals surface area contributed by atoms with E-state index in [1.807, 2.05) is 6.92 Å². The van der Waals surface area contributed by atoms with Crippen molar-refractivity contribution < 1.29 is 4.79 Å². The molecule has 1 aromatic carbocycles. The van der Waals surface area contributed by atoms with Crippen LogP contribution in [0.15, 0.2) is 24.3 Å². The predicted octanol–water partition coefficient (Wildman–Crippen LogP) is 0.736. The topological polar surface area (TPSA) is 44.4 Å². The van der Waals surface area contributed by atoms with Crippen molar-refractivity contribution in [2.75, 3.05) is 32.7 Å². The minimum absolute atomic E-state index is 0.0209. The van der Waals surface area contributed by atoms with Crippen molar-refractivity contribution in [1.82, 2.24) is 15.5 Å². The molecule has 2 aliphatic rings. The maximum Gasteiger partial charge on any atom is 0.237 e. The summed E-state index contributed by atoms with van der Waals surface area (Å²) in [6.07, 6.45) is 1.10. The lowest BCUT2D eigenvalue weighted by molar-refractivity contribution is -0.126. The molecule has 1 heterocycles. The first kappa shape index (κ1) is 13.6. The Morgan fingerprint density at radius 2 is 2.15 bits per heavy atom. The fourth-order valence-electron chi connectivity index (χ4n) is 3.15. The van der Waals surface area contributed by atoms with Gasteiger partial charge in [-0.25, -0.2) is 0 Å². The van der Waals surface area contributed by atoms with Gasteiger partial charge in [0.25, 0.3) is 0 Å². The summed E-state index contributed by atoms with van der Waals surface area (Å²) >= 11 is 0. The molecule has 20 heavy (non-hydrogen) atoms. The summed E-state index contributed by atoms with van der Waals surface area (Å²) in [5.74, 6) is 0.668. The molecular formula is C16H23N3O. The van der Waals surface area contributed by atoms with E-state index in [4.69, 9.17) is 0 Å². The number of fused-ring (bicyclic) bond motifs is 1. The smallest absolute Gasteiger partial charge is 0.237 e. The van der Waals surface area contributed by atoms with E-state index in [0.29, 0.717) is 5.92 Å². The number of benzene rings is 1. The molecule has 1 saturated heterocycles. The van der Waals surface area contributed by atoms with Crippen molar-refractivity contribution in [3.05, 3.63) is 35.4 Å². The van der Waals surface area contributed by atoms with Gasteiger partial charge in [0, 0.05) is 38.6 Å². The predicted molar refractivity (Wildman–Crippen MR) is 79.8 cm³/mol. The minimum atomic E-state index is -0.0209. The van der Waals surface area contributed by atoms with Gasteiger partial charge in [-0.3, -0.25) is 9.69 Å². The molecule has 0 saturated carbocycles. The average molecular weight is 273 g/mol. The summed E-state index contributed by atoms with van der Waals surface area (Å²) in [5.41, 5.74) is 2.84. The molecule has 0 radical (unpaired) electrons. The van der Waals surface area contributed by atoms with Gasteiger partial charge in [0.05, 0.1) is 6.04 Å². The molecule has 1 aromatic rings. The average Bonchev–Trinajstić information content (AvgIpc) is 2.48. The van der Waals surface area contributed by atoms with Crippen LogP contribution in [0.3, 0.4) is 0 Å². The third kappa shape index (κ3) is 2.72. The highest BCUT2D eigenvalue weighted by Crippen LogP contribution is 2.33. The van der Waals surface area contributed by atoms with Crippen LogP contribution >= 0.6 is 0 Å². The third-order valence-corrected chi connectivity index (χ3v) is 4.56. The number of amides is 1. The van der Waals surface area contributed by atoms with Crippen LogP contribution in [0, 0.1) is 0 Å². The summed E-state index contributed by atoms with van der Waals surface area (Å²) in [7, 11) is 0. The van der Waals surface area contributed by atoms with Crippen LogP contribution in [0.1, 0.15) is 24.0 Å².